The first kappa shape index (κ1) is 34.0. The van der Waals surface area contributed by atoms with Crippen LogP contribution < -0.4 is 26.3 Å². The molecule has 0 unspecified atom stereocenters. The molecule has 3 aromatic carbocycles. The van der Waals surface area contributed by atoms with Gasteiger partial charge in [0.25, 0.3) is 0 Å². The summed E-state index contributed by atoms with van der Waals surface area (Å²) in [5, 5.41) is 4.91. The van der Waals surface area contributed by atoms with Crippen LogP contribution >= 0.6 is 11.6 Å². The number of fused-ring (bicyclic) bond motifs is 1. The molecule has 1 aliphatic heterocycles. The second kappa shape index (κ2) is 15.9. The highest BCUT2D eigenvalue weighted by molar-refractivity contribution is 6.37. The quantitative estimate of drug-likeness (QED) is 0.256. The molecule has 2 atom stereocenters. The summed E-state index contributed by atoms with van der Waals surface area (Å²) in [5.41, 5.74) is 13.8. The van der Waals surface area contributed by atoms with Gasteiger partial charge in [0.15, 0.2) is 5.75 Å². The summed E-state index contributed by atoms with van der Waals surface area (Å²) >= 11 is 6.57. The number of unbranched alkanes of at least 4 members (excludes halogenated alkanes) is 1. The third-order valence-corrected chi connectivity index (χ3v) is 8.37. The number of carbonyl (C=O) groups excluding carboxylic acids is 3. The van der Waals surface area contributed by atoms with Crippen molar-refractivity contribution in [3.8, 4) is 11.5 Å². The Morgan fingerprint density at radius 3 is 2.58 bits per heavy atom. The number of nitrogens with two attached hydrogens (primary N) is 2. The molecule has 1 saturated heterocycles. The first-order valence-corrected chi connectivity index (χ1v) is 15.5. The number of ether oxygens (including phenoxy) is 2. The van der Waals surface area contributed by atoms with E-state index < -0.39 is 24.1 Å². The van der Waals surface area contributed by atoms with Gasteiger partial charge in [0.2, 0.25) is 11.8 Å². The topological polar surface area (TPSA) is 143 Å². The Labute approximate surface area is 269 Å². The number of nitrogens with zero attached hydrogens (tertiary/aromatic N) is 3. The van der Waals surface area contributed by atoms with Gasteiger partial charge >= 0.3 is 6.09 Å². The van der Waals surface area contributed by atoms with E-state index in [4.69, 9.17) is 32.5 Å². The van der Waals surface area contributed by atoms with E-state index in [1.807, 2.05) is 62.6 Å². The Kier molecular flexibility index (Phi) is 12.0. The summed E-state index contributed by atoms with van der Waals surface area (Å²) in [5.74, 6) is 0.112. The number of amides is 3. The van der Waals surface area contributed by atoms with E-state index in [0.717, 1.165) is 41.3 Å². The van der Waals surface area contributed by atoms with Crippen LogP contribution in [0.15, 0.2) is 54.6 Å². The fraction of sp³-hybridized carbons (Fsp3) is 0.424. The second-order valence-electron chi connectivity index (χ2n) is 11.4. The number of rotatable bonds is 12. The van der Waals surface area contributed by atoms with Crippen LogP contribution in [0, 0.1) is 0 Å². The highest BCUT2D eigenvalue weighted by atomic mass is 35.5. The second-order valence-corrected chi connectivity index (χ2v) is 11.8. The normalized spacial score (nSPS) is 15.7. The molecule has 1 fully saturated rings. The lowest BCUT2D eigenvalue weighted by atomic mass is 10.0. The van der Waals surface area contributed by atoms with Gasteiger partial charge < -0.3 is 41.0 Å². The first-order chi connectivity index (χ1) is 21.6. The van der Waals surface area contributed by atoms with Crippen LogP contribution in [0.4, 0.5) is 4.79 Å². The summed E-state index contributed by atoms with van der Waals surface area (Å²) in [7, 11) is 5.55. The maximum atomic E-state index is 13.6. The molecule has 1 aliphatic rings. The predicted molar refractivity (Wildman–Crippen MR) is 175 cm³/mol. The van der Waals surface area contributed by atoms with E-state index in [9.17, 15) is 14.4 Å². The third kappa shape index (κ3) is 8.64. The van der Waals surface area contributed by atoms with Gasteiger partial charge in [-0.3, -0.25) is 9.59 Å². The maximum Gasteiger partial charge on any atom is 0.415 e. The Bertz CT molecular complexity index is 1500. The molecular formula is C33H43ClN6O5. The van der Waals surface area contributed by atoms with Gasteiger partial charge in [-0.2, -0.15) is 0 Å². The molecule has 0 aromatic heterocycles. The molecule has 0 aliphatic carbocycles. The van der Waals surface area contributed by atoms with Gasteiger partial charge in [-0.25, -0.2) is 4.79 Å². The minimum atomic E-state index is -0.969. The van der Waals surface area contributed by atoms with Crippen LogP contribution in [-0.4, -0.2) is 92.1 Å². The standard InChI is InChI=1S/C33H43ClN6O5/c1-38(2)15-7-6-10-26(36)32(42)40-17-16-39(33(43)45-28-14-13-23-8-4-5-9-25(23)30(28)34)21-27(40)31(41)37-20-22-11-12-24(19-35)29(18-22)44-3/h4-5,8-9,11-14,18,26-27H,6-7,10,15-17,19-21,35-36H2,1-3H3,(H,37,41)/t26-,27+/m1/s1. The Balaban J connectivity index is 1.48. The average Bonchev–Trinajstić information content (AvgIpc) is 3.05. The van der Waals surface area contributed by atoms with Crippen LogP contribution in [0.5, 0.6) is 11.5 Å². The van der Waals surface area contributed by atoms with E-state index in [1.165, 1.54) is 9.80 Å². The smallest absolute Gasteiger partial charge is 0.415 e. The Hall–Kier alpha value is -3.90. The molecule has 1 heterocycles. The monoisotopic (exact) mass is 638 g/mol. The highest BCUT2D eigenvalue weighted by Gasteiger charge is 2.39. The molecule has 12 heteroatoms. The Morgan fingerprint density at radius 1 is 1.07 bits per heavy atom. The minimum absolute atomic E-state index is 0.0651. The number of hydrogen-bond donors (Lipinski definition) is 3. The van der Waals surface area contributed by atoms with Crippen molar-refractivity contribution in [1.82, 2.24) is 20.0 Å². The van der Waals surface area contributed by atoms with E-state index in [0.29, 0.717) is 23.7 Å². The molecule has 0 radical (unpaired) electrons. The van der Waals surface area contributed by atoms with Gasteiger partial charge in [0.05, 0.1) is 24.7 Å². The fourth-order valence-electron chi connectivity index (χ4n) is 5.39. The van der Waals surface area contributed by atoms with Crippen LogP contribution in [0.25, 0.3) is 10.8 Å². The summed E-state index contributed by atoms with van der Waals surface area (Å²) in [6, 6.07) is 14.8. The number of nitrogens with one attached hydrogen (secondary N) is 1. The van der Waals surface area contributed by atoms with E-state index in [2.05, 4.69) is 10.2 Å². The van der Waals surface area contributed by atoms with Gasteiger partial charge in [0.1, 0.15) is 11.8 Å². The van der Waals surface area contributed by atoms with Crippen molar-refractivity contribution in [2.45, 2.75) is 44.4 Å². The summed E-state index contributed by atoms with van der Waals surface area (Å²) in [6.07, 6.45) is 1.52. The van der Waals surface area contributed by atoms with Gasteiger partial charge in [-0.15, -0.1) is 0 Å². The van der Waals surface area contributed by atoms with Crippen molar-refractivity contribution in [3.63, 3.8) is 0 Å². The van der Waals surface area contributed by atoms with Crippen LogP contribution in [0.2, 0.25) is 5.02 Å². The van der Waals surface area contributed by atoms with Crippen molar-refractivity contribution in [3.05, 3.63) is 70.7 Å². The molecule has 0 bridgehead atoms. The number of methoxy groups -OCH3 is 1. The molecule has 3 amide bonds. The zero-order valence-corrected chi connectivity index (χ0v) is 26.9. The van der Waals surface area contributed by atoms with Crippen molar-refractivity contribution < 1.29 is 23.9 Å². The molecule has 45 heavy (non-hydrogen) atoms. The number of carbonyl (C=O) groups is 3. The lowest BCUT2D eigenvalue weighted by Gasteiger charge is -2.41. The first-order valence-electron chi connectivity index (χ1n) is 15.1. The largest absolute Gasteiger partial charge is 0.496 e. The molecule has 11 nitrogen and oxygen atoms in total. The molecular weight excluding hydrogens is 596 g/mol. The maximum absolute atomic E-state index is 13.6. The van der Waals surface area contributed by atoms with Gasteiger partial charge in [-0.05, 0) is 56.6 Å². The molecule has 0 saturated carbocycles. The van der Waals surface area contributed by atoms with Crippen molar-refractivity contribution in [2.24, 2.45) is 11.5 Å². The summed E-state index contributed by atoms with van der Waals surface area (Å²) in [6.45, 7) is 1.63. The zero-order chi connectivity index (χ0) is 32.5. The predicted octanol–water partition coefficient (Wildman–Crippen LogP) is 3.35. The minimum Gasteiger partial charge on any atom is -0.496 e. The average molecular weight is 639 g/mol. The van der Waals surface area contributed by atoms with Crippen LogP contribution in [0.1, 0.15) is 30.4 Å². The van der Waals surface area contributed by atoms with Crippen molar-refractivity contribution in [1.29, 1.82) is 0 Å². The summed E-state index contributed by atoms with van der Waals surface area (Å²) in [4.78, 5) is 45.5. The lowest BCUT2D eigenvalue weighted by Crippen LogP contribution is -2.64. The fourth-order valence-corrected chi connectivity index (χ4v) is 5.66. The van der Waals surface area contributed by atoms with E-state index in [-0.39, 0.29) is 37.8 Å². The van der Waals surface area contributed by atoms with Crippen LogP contribution in [0.3, 0.4) is 0 Å². The SMILES string of the molecule is COc1cc(CNC(=O)[C@@H]2CN(C(=O)Oc3ccc4ccccc4c3Cl)CCN2C(=O)[C@H](N)CCCCN(C)C)ccc1CN. The molecule has 242 valence electrons. The van der Waals surface area contributed by atoms with Gasteiger partial charge in [-0.1, -0.05) is 60.5 Å². The molecule has 0 spiro atoms. The Morgan fingerprint density at radius 2 is 1.84 bits per heavy atom. The third-order valence-electron chi connectivity index (χ3n) is 7.98. The zero-order valence-electron chi connectivity index (χ0n) is 26.1. The van der Waals surface area contributed by atoms with E-state index >= 15 is 0 Å². The van der Waals surface area contributed by atoms with Gasteiger partial charge in [0, 0.05) is 37.1 Å². The van der Waals surface area contributed by atoms with Crippen LogP contribution in [-0.2, 0) is 22.7 Å². The lowest BCUT2D eigenvalue weighted by molar-refractivity contribution is -0.144. The van der Waals surface area contributed by atoms with E-state index in [1.54, 1.807) is 13.2 Å². The number of piperazine rings is 1. The number of halogens is 1. The number of hydrogen-bond acceptors (Lipinski definition) is 8. The highest BCUT2D eigenvalue weighted by Crippen LogP contribution is 2.33. The number of benzene rings is 3. The molecule has 4 rings (SSSR count). The molecule has 5 N–H and O–H groups in total. The van der Waals surface area contributed by atoms with Crippen molar-refractivity contribution in [2.75, 3.05) is 47.4 Å². The van der Waals surface area contributed by atoms with Crippen molar-refractivity contribution >= 4 is 40.3 Å². The summed E-state index contributed by atoms with van der Waals surface area (Å²) < 4.78 is 11.1. The molecule has 3 aromatic rings.